The van der Waals surface area contributed by atoms with Crippen molar-refractivity contribution in [2.45, 2.75) is 18.7 Å². The van der Waals surface area contributed by atoms with Gasteiger partial charge in [0, 0.05) is 17.7 Å². The van der Waals surface area contributed by atoms with Crippen molar-refractivity contribution < 1.29 is 22.6 Å². The first kappa shape index (κ1) is 23.3. The zero-order valence-electron chi connectivity index (χ0n) is 19.0. The van der Waals surface area contributed by atoms with Crippen molar-refractivity contribution in [2.75, 3.05) is 14.2 Å². The Kier molecular flexibility index (Phi) is 6.03. The summed E-state index contributed by atoms with van der Waals surface area (Å²) in [5.41, 5.74) is 2.16. The van der Waals surface area contributed by atoms with Crippen molar-refractivity contribution in [1.82, 2.24) is 9.97 Å². The van der Waals surface area contributed by atoms with E-state index in [0.29, 0.717) is 50.7 Å². The summed E-state index contributed by atoms with van der Waals surface area (Å²) in [4.78, 5) is 20.2. The number of rotatable bonds is 6. The third kappa shape index (κ3) is 4.33. The average molecular weight is 482 g/mol. The Bertz CT molecular complexity index is 1550. The molecule has 0 fully saturated rings. The number of nitrogens with zero attached hydrogens (tertiary/aromatic N) is 1. The van der Waals surface area contributed by atoms with E-state index >= 15 is 0 Å². The highest BCUT2D eigenvalue weighted by Crippen LogP contribution is 2.35. The van der Waals surface area contributed by atoms with Gasteiger partial charge in [-0.05, 0) is 49.2 Å². The average Bonchev–Trinajstić information content (AvgIpc) is 2.79. The molecule has 3 aromatic carbocycles. The van der Waals surface area contributed by atoms with Crippen LogP contribution in [0.2, 0.25) is 0 Å². The maximum atomic E-state index is 12.9. The van der Waals surface area contributed by atoms with Crippen LogP contribution in [0.5, 0.6) is 23.0 Å². The summed E-state index contributed by atoms with van der Waals surface area (Å²) in [6.45, 7) is 3.63. The second-order valence-electron chi connectivity index (χ2n) is 7.67. The normalized spacial score (nSPS) is 11.4. The first-order chi connectivity index (χ1) is 16.1. The summed E-state index contributed by atoms with van der Waals surface area (Å²) in [5, 5.41) is 5.64. The van der Waals surface area contributed by atoms with Gasteiger partial charge in [0.2, 0.25) is 10.0 Å². The van der Waals surface area contributed by atoms with Gasteiger partial charge in [0.1, 0.15) is 39.1 Å². The van der Waals surface area contributed by atoms with Gasteiger partial charge in [0.25, 0.3) is 5.56 Å². The number of ether oxygens (including phenoxy) is 3. The second kappa shape index (κ2) is 8.81. The molecule has 0 saturated heterocycles. The highest BCUT2D eigenvalue weighted by Gasteiger charge is 2.18. The van der Waals surface area contributed by atoms with Crippen LogP contribution in [0.25, 0.3) is 22.3 Å². The molecule has 176 valence electrons. The number of fused-ring (bicyclic) bond motifs is 1. The largest absolute Gasteiger partial charge is 0.497 e. The van der Waals surface area contributed by atoms with E-state index in [-0.39, 0.29) is 16.2 Å². The number of benzene rings is 3. The van der Waals surface area contributed by atoms with E-state index in [1.165, 1.54) is 26.4 Å². The van der Waals surface area contributed by atoms with Crippen LogP contribution in [0.15, 0.2) is 58.2 Å². The van der Waals surface area contributed by atoms with Gasteiger partial charge >= 0.3 is 0 Å². The van der Waals surface area contributed by atoms with Gasteiger partial charge in [-0.2, -0.15) is 0 Å². The molecule has 0 aliphatic carbocycles. The van der Waals surface area contributed by atoms with Gasteiger partial charge in [-0.1, -0.05) is 12.1 Å². The van der Waals surface area contributed by atoms with E-state index < -0.39 is 10.0 Å². The second-order valence-corrected chi connectivity index (χ2v) is 9.20. The molecule has 0 aliphatic heterocycles. The lowest BCUT2D eigenvalue weighted by Crippen LogP contribution is -2.13. The molecule has 3 N–H and O–H groups in total. The molecule has 1 aromatic heterocycles. The van der Waals surface area contributed by atoms with Crippen LogP contribution in [0, 0.1) is 13.8 Å². The Labute approximate surface area is 196 Å². The van der Waals surface area contributed by atoms with Crippen LogP contribution in [0.3, 0.4) is 0 Å². The Balaban J connectivity index is 1.81. The number of methoxy groups -OCH3 is 2. The number of aryl methyl sites for hydroxylation is 2. The molecule has 9 nitrogen and oxygen atoms in total. The zero-order valence-corrected chi connectivity index (χ0v) is 19.8. The number of nitrogens with two attached hydrogens (primary N) is 1. The molecule has 0 aliphatic rings. The summed E-state index contributed by atoms with van der Waals surface area (Å²) >= 11 is 0. The van der Waals surface area contributed by atoms with E-state index in [9.17, 15) is 13.2 Å². The van der Waals surface area contributed by atoms with E-state index in [2.05, 4.69) is 9.97 Å². The number of hydrogen-bond acceptors (Lipinski definition) is 7. The lowest BCUT2D eigenvalue weighted by atomic mass is 10.0. The lowest BCUT2D eigenvalue weighted by Gasteiger charge is -2.16. The summed E-state index contributed by atoms with van der Waals surface area (Å²) in [5.74, 6) is 1.83. The molecule has 4 rings (SSSR count). The molecule has 0 unspecified atom stereocenters. The molecular formula is C24H23N3O6S. The Morgan fingerprint density at radius 1 is 0.941 bits per heavy atom. The highest BCUT2D eigenvalue weighted by molar-refractivity contribution is 7.89. The Morgan fingerprint density at radius 2 is 1.62 bits per heavy atom. The zero-order chi connectivity index (χ0) is 24.6. The first-order valence-electron chi connectivity index (χ1n) is 10.2. The monoisotopic (exact) mass is 481 g/mol. The number of primary sulfonamides is 1. The van der Waals surface area contributed by atoms with Crippen molar-refractivity contribution in [3.63, 3.8) is 0 Å². The summed E-state index contributed by atoms with van der Waals surface area (Å²) in [7, 11) is -0.967. The van der Waals surface area contributed by atoms with Crippen LogP contribution >= 0.6 is 0 Å². The predicted octanol–water partition coefficient (Wildman–Crippen LogP) is 3.66. The first-order valence-corrected chi connectivity index (χ1v) is 11.7. The number of sulfonamides is 1. The smallest absolute Gasteiger partial charge is 0.262 e. The van der Waals surface area contributed by atoms with Crippen molar-refractivity contribution in [1.29, 1.82) is 0 Å². The van der Waals surface area contributed by atoms with Gasteiger partial charge in [-0.3, -0.25) is 4.79 Å². The molecule has 0 bridgehead atoms. The molecular weight excluding hydrogens is 458 g/mol. The standard InChI is InChI=1S/C24H23N3O6S/c1-13-9-15(10-14(2)22(13)33-18-7-5-6-8-20(18)34(25,29)30)23-26-17-11-16(31-3)12-19(32-4)21(17)24(28)27-23/h5-12H,1-4H3,(H2,25,29,30)(H,26,27,28). The molecule has 4 aromatic rings. The number of aromatic nitrogens is 2. The molecule has 10 heteroatoms. The van der Waals surface area contributed by atoms with Crippen LogP contribution in [-0.2, 0) is 10.0 Å². The summed E-state index contributed by atoms with van der Waals surface area (Å²) in [6, 6.07) is 13.0. The molecule has 0 spiro atoms. The van der Waals surface area contributed by atoms with Gasteiger partial charge in [-0.25, -0.2) is 18.5 Å². The number of H-pyrrole nitrogens is 1. The number of aromatic amines is 1. The minimum atomic E-state index is -3.96. The van der Waals surface area contributed by atoms with Crippen molar-refractivity contribution in [2.24, 2.45) is 5.14 Å². The van der Waals surface area contributed by atoms with Crippen LogP contribution in [0.1, 0.15) is 11.1 Å². The molecule has 0 atom stereocenters. The van der Waals surface area contributed by atoms with Crippen molar-refractivity contribution in [3.05, 3.63) is 70.0 Å². The van der Waals surface area contributed by atoms with Crippen LogP contribution < -0.4 is 24.9 Å². The fourth-order valence-corrected chi connectivity index (χ4v) is 4.41. The summed E-state index contributed by atoms with van der Waals surface area (Å²) < 4.78 is 40.4. The van der Waals surface area contributed by atoms with Gasteiger partial charge in [-0.15, -0.1) is 0 Å². The Hall–Kier alpha value is -3.89. The maximum Gasteiger partial charge on any atom is 0.262 e. The topological polar surface area (TPSA) is 134 Å². The van der Waals surface area contributed by atoms with Gasteiger partial charge in [0.15, 0.2) is 0 Å². The van der Waals surface area contributed by atoms with Crippen molar-refractivity contribution >= 4 is 20.9 Å². The third-order valence-electron chi connectivity index (χ3n) is 5.30. The molecule has 34 heavy (non-hydrogen) atoms. The summed E-state index contributed by atoms with van der Waals surface area (Å²) in [6.07, 6.45) is 0. The molecule has 0 radical (unpaired) electrons. The quantitative estimate of drug-likeness (QED) is 0.429. The molecule has 0 saturated carbocycles. The lowest BCUT2D eigenvalue weighted by molar-refractivity contribution is 0.397. The fourth-order valence-electron chi connectivity index (χ4n) is 3.75. The van der Waals surface area contributed by atoms with Crippen LogP contribution in [-0.4, -0.2) is 32.6 Å². The predicted molar refractivity (Wildman–Crippen MR) is 128 cm³/mol. The number of nitrogens with one attached hydrogen (secondary N) is 1. The van der Waals surface area contributed by atoms with E-state index in [4.69, 9.17) is 19.3 Å². The van der Waals surface area contributed by atoms with Gasteiger partial charge in [0.05, 0.1) is 19.7 Å². The SMILES string of the molecule is COc1cc(OC)c2c(=O)[nH]c(-c3cc(C)c(Oc4ccccc4S(N)(=O)=O)c(C)c3)nc2c1. The Morgan fingerprint density at radius 3 is 2.24 bits per heavy atom. The number of hydrogen-bond donors (Lipinski definition) is 2. The fraction of sp³-hybridized carbons (Fsp3) is 0.167. The molecule has 1 heterocycles. The van der Waals surface area contributed by atoms with E-state index in [0.717, 1.165) is 0 Å². The van der Waals surface area contributed by atoms with E-state index in [1.807, 2.05) is 13.8 Å². The minimum Gasteiger partial charge on any atom is -0.497 e. The maximum absolute atomic E-state index is 12.9. The third-order valence-corrected chi connectivity index (χ3v) is 6.25. The minimum absolute atomic E-state index is 0.110. The van der Waals surface area contributed by atoms with E-state index in [1.54, 1.807) is 36.4 Å². The highest BCUT2D eigenvalue weighted by atomic mass is 32.2. The van der Waals surface area contributed by atoms with Crippen LogP contribution in [0.4, 0.5) is 0 Å². The van der Waals surface area contributed by atoms with Gasteiger partial charge < -0.3 is 19.2 Å². The molecule has 0 amide bonds. The van der Waals surface area contributed by atoms with Crippen molar-refractivity contribution in [3.8, 4) is 34.4 Å². The number of para-hydroxylation sites is 1.